The van der Waals surface area contributed by atoms with Crippen LogP contribution in [0.15, 0.2) is 6.20 Å². The van der Waals surface area contributed by atoms with Crippen molar-refractivity contribution in [2.24, 2.45) is 0 Å². The molecule has 0 amide bonds. The minimum Gasteiger partial charge on any atom is -0.496 e. The van der Waals surface area contributed by atoms with Crippen molar-refractivity contribution in [1.29, 1.82) is 0 Å². The molecular weight excluding hydrogens is 260 g/mol. The van der Waals surface area contributed by atoms with E-state index in [-0.39, 0.29) is 0 Å². The normalized spacial score (nSPS) is 23.3. The first-order valence-electron chi connectivity index (χ1n) is 6.69. The molecule has 0 unspecified atom stereocenters. The third kappa shape index (κ3) is 3.54. The number of nitrogens with one attached hydrogen (secondary N) is 1. The van der Waals surface area contributed by atoms with Crippen molar-refractivity contribution in [2.45, 2.75) is 39.3 Å². The van der Waals surface area contributed by atoms with E-state index in [4.69, 9.17) is 4.74 Å². The highest BCUT2D eigenvalue weighted by atomic mass is 32.2. The van der Waals surface area contributed by atoms with Gasteiger partial charge >= 0.3 is 0 Å². The molecule has 1 aromatic heterocycles. The molecule has 1 saturated heterocycles. The Balaban J connectivity index is 1.98. The van der Waals surface area contributed by atoms with Gasteiger partial charge in [0.05, 0.1) is 12.8 Å². The molecule has 1 aromatic rings. The molecule has 0 radical (unpaired) electrons. The summed E-state index contributed by atoms with van der Waals surface area (Å²) < 4.78 is 16.7. The standard InChI is InChI=1S/C14H22N2O2S/c1-10-8-16-13(11(2)14(10)18-3)9-15-12-4-6-19(17)7-5-12/h8,12,15H,4-7,9H2,1-3H3. The van der Waals surface area contributed by atoms with Crippen LogP contribution in [0.1, 0.15) is 29.7 Å². The molecule has 1 aliphatic heterocycles. The van der Waals surface area contributed by atoms with Crippen LogP contribution in [0.4, 0.5) is 0 Å². The predicted octanol–water partition coefficient (Wildman–Crippen LogP) is 1.71. The molecule has 1 N–H and O–H groups in total. The summed E-state index contributed by atoms with van der Waals surface area (Å²) in [4.78, 5) is 4.48. The van der Waals surface area contributed by atoms with Gasteiger partial charge in [-0.15, -0.1) is 0 Å². The van der Waals surface area contributed by atoms with Gasteiger partial charge in [-0.3, -0.25) is 9.19 Å². The Morgan fingerprint density at radius 3 is 2.74 bits per heavy atom. The Labute approximate surface area is 117 Å². The first kappa shape index (κ1) is 14.5. The van der Waals surface area contributed by atoms with Crippen LogP contribution in [0.2, 0.25) is 0 Å². The van der Waals surface area contributed by atoms with Gasteiger partial charge in [-0.2, -0.15) is 0 Å². The summed E-state index contributed by atoms with van der Waals surface area (Å²) in [6, 6.07) is 0.464. The lowest BCUT2D eigenvalue weighted by Crippen LogP contribution is -2.35. The lowest BCUT2D eigenvalue weighted by Gasteiger charge is -2.23. The molecule has 1 fully saturated rings. The van der Waals surface area contributed by atoms with E-state index in [1.807, 2.05) is 20.0 Å². The summed E-state index contributed by atoms with van der Waals surface area (Å²) in [6.45, 7) is 4.80. The number of rotatable bonds is 4. The minimum atomic E-state index is -0.597. The largest absolute Gasteiger partial charge is 0.496 e. The summed E-state index contributed by atoms with van der Waals surface area (Å²) in [7, 11) is 1.10. The van der Waals surface area contributed by atoms with Crippen LogP contribution in [-0.2, 0) is 17.3 Å². The van der Waals surface area contributed by atoms with Crippen molar-refractivity contribution in [3.8, 4) is 5.75 Å². The lowest BCUT2D eigenvalue weighted by atomic mass is 10.1. The molecule has 0 bridgehead atoms. The number of nitrogens with zero attached hydrogens (tertiary/aromatic N) is 1. The zero-order valence-electron chi connectivity index (χ0n) is 11.9. The third-order valence-electron chi connectivity index (χ3n) is 3.70. The van der Waals surface area contributed by atoms with Crippen LogP contribution >= 0.6 is 0 Å². The van der Waals surface area contributed by atoms with E-state index in [1.54, 1.807) is 7.11 Å². The Bertz CT molecular complexity index is 467. The van der Waals surface area contributed by atoms with Crippen LogP contribution in [0.5, 0.6) is 5.75 Å². The van der Waals surface area contributed by atoms with Gasteiger partial charge in [-0.05, 0) is 26.7 Å². The molecule has 2 rings (SSSR count). The van der Waals surface area contributed by atoms with Crippen molar-refractivity contribution in [3.63, 3.8) is 0 Å². The lowest BCUT2D eigenvalue weighted by molar-refractivity contribution is 0.405. The molecule has 4 nitrogen and oxygen atoms in total. The zero-order chi connectivity index (χ0) is 13.8. The van der Waals surface area contributed by atoms with E-state index in [0.717, 1.165) is 53.5 Å². The number of aryl methyl sites for hydroxylation is 1. The van der Waals surface area contributed by atoms with Crippen molar-refractivity contribution in [2.75, 3.05) is 18.6 Å². The molecule has 106 valence electrons. The van der Waals surface area contributed by atoms with Crippen LogP contribution in [0.25, 0.3) is 0 Å². The quantitative estimate of drug-likeness (QED) is 0.913. The maximum atomic E-state index is 11.3. The topological polar surface area (TPSA) is 51.2 Å². The van der Waals surface area contributed by atoms with Crippen molar-refractivity contribution in [3.05, 3.63) is 23.0 Å². The van der Waals surface area contributed by atoms with Gasteiger partial charge in [0.25, 0.3) is 0 Å². The van der Waals surface area contributed by atoms with Crippen LogP contribution < -0.4 is 10.1 Å². The molecule has 0 spiro atoms. The van der Waals surface area contributed by atoms with Crippen LogP contribution in [0, 0.1) is 13.8 Å². The Morgan fingerprint density at radius 2 is 2.11 bits per heavy atom. The van der Waals surface area contributed by atoms with Crippen LogP contribution in [-0.4, -0.2) is 33.9 Å². The Kier molecular flexibility index (Phi) is 4.93. The van der Waals surface area contributed by atoms with Crippen molar-refractivity contribution in [1.82, 2.24) is 10.3 Å². The number of aromatic nitrogens is 1. The average Bonchev–Trinajstić information content (AvgIpc) is 2.40. The highest BCUT2D eigenvalue weighted by molar-refractivity contribution is 7.85. The molecule has 5 heteroatoms. The van der Waals surface area contributed by atoms with Gasteiger partial charge in [0, 0.05) is 52.2 Å². The second-order valence-corrected chi connectivity index (χ2v) is 6.75. The molecular formula is C14H22N2O2S. The second kappa shape index (κ2) is 6.48. The molecule has 0 atom stereocenters. The van der Waals surface area contributed by atoms with Gasteiger partial charge in [0.1, 0.15) is 5.75 Å². The average molecular weight is 282 g/mol. The fraction of sp³-hybridized carbons (Fsp3) is 0.643. The summed E-state index contributed by atoms with van der Waals surface area (Å²) in [5.74, 6) is 2.57. The summed E-state index contributed by atoms with van der Waals surface area (Å²) in [5, 5.41) is 3.52. The first-order valence-corrected chi connectivity index (χ1v) is 8.18. The monoisotopic (exact) mass is 282 g/mol. The highest BCUT2D eigenvalue weighted by Gasteiger charge is 2.18. The molecule has 1 aliphatic rings. The third-order valence-corrected chi connectivity index (χ3v) is 5.08. The van der Waals surface area contributed by atoms with E-state index in [9.17, 15) is 4.21 Å². The molecule has 0 aliphatic carbocycles. The van der Waals surface area contributed by atoms with E-state index >= 15 is 0 Å². The maximum absolute atomic E-state index is 11.3. The number of pyridine rings is 1. The van der Waals surface area contributed by atoms with Gasteiger partial charge in [0.15, 0.2) is 0 Å². The number of ether oxygens (including phenoxy) is 1. The zero-order valence-corrected chi connectivity index (χ0v) is 12.7. The Morgan fingerprint density at radius 1 is 1.42 bits per heavy atom. The first-order chi connectivity index (χ1) is 9.11. The minimum absolute atomic E-state index is 0.464. The van der Waals surface area contributed by atoms with E-state index in [1.165, 1.54) is 0 Å². The van der Waals surface area contributed by atoms with Crippen molar-refractivity contribution < 1.29 is 8.95 Å². The van der Waals surface area contributed by atoms with Gasteiger partial charge in [-0.25, -0.2) is 0 Å². The molecule has 19 heavy (non-hydrogen) atoms. The van der Waals surface area contributed by atoms with Crippen LogP contribution in [0.3, 0.4) is 0 Å². The number of methoxy groups -OCH3 is 1. The number of hydrogen-bond donors (Lipinski definition) is 1. The van der Waals surface area contributed by atoms with E-state index in [2.05, 4.69) is 10.3 Å². The SMILES string of the molecule is COc1c(C)cnc(CNC2CCS(=O)CC2)c1C. The van der Waals surface area contributed by atoms with Crippen molar-refractivity contribution >= 4 is 10.8 Å². The molecule has 2 heterocycles. The van der Waals surface area contributed by atoms with Gasteiger partial charge in [0.2, 0.25) is 0 Å². The van der Waals surface area contributed by atoms with Gasteiger partial charge < -0.3 is 10.1 Å². The van der Waals surface area contributed by atoms with E-state index < -0.39 is 10.8 Å². The smallest absolute Gasteiger partial charge is 0.128 e. The highest BCUT2D eigenvalue weighted by Crippen LogP contribution is 2.24. The second-order valence-electron chi connectivity index (χ2n) is 5.05. The Hall–Kier alpha value is -0.940. The van der Waals surface area contributed by atoms with E-state index in [0.29, 0.717) is 6.04 Å². The fourth-order valence-corrected chi connectivity index (χ4v) is 3.79. The molecule has 0 aromatic carbocycles. The summed E-state index contributed by atoms with van der Waals surface area (Å²) in [6.07, 6.45) is 3.85. The molecule has 0 saturated carbocycles. The fourth-order valence-electron chi connectivity index (χ4n) is 2.49. The maximum Gasteiger partial charge on any atom is 0.128 e. The predicted molar refractivity (Wildman–Crippen MR) is 78.0 cm³/mol. The summed E-state index contributed by atoms with van der Waals surface area (Å²) >= 11 is 0. The summed E-state index contributed by atoms with van der Waals surface area (Å²) in [5.41, 5.74) is 3.21. The number of hydrogen-bond acceptors (Lipinski definition) is 4. The van der Waals surface area contributed by atoms with Gasteiger partial charge in [-0.1, -0.05) is 0 Å².